The average molecular weight is 328 g/mol. The number of aryl methyl sites for hydroxylation is 1. The van der Waals surface area contributed by atoms with Crippen LogP contribution in [0.4, 0.5) is 0 Å². The molecule has 3 atom stereocenters. The van der Waals surface area contributed by atoms with Crippen molar-refractivity contribution in [3.63, 3.8) is 0 Å². The van der Waals surface area contributed by atoms with E-state index in [0.29, 0.717) is 0 Å². The van der Waals surface area contributed by atoms with Gasteiger partial charge in [0.15, 0.2) is 0 Å². The van der Waals surface area contributed by atoms with Gasteiger partial charge in [0.2, 0.25) is 5.91 Å². The minimum atomic E-state index is -0.386. The van der Waals surface area contributed by atoms with Crippen LogP contribution in [0.2, 0.25) is 0 Å². The SMILES string of the molecule is Cc1cnn(C(C)C(C)NC(C(=O)NC(C)C)c2ccccc2)c1. The molecule has 2 aromatic rings. The van der Waals surface area contributed by atoms with Crippen molar-refractivity contribution in [1.29, 1.82) is 0 Å². The predicted molar refractivity (Wildman–Crippen MR) is 96.7 cm³/mol. The lowest BCUT2D eigenvalue weighted by Crippen LogP contribution is -2.45. The van der Waals surface area contributed by atoms with E-state index in [2.05, 4.69) is 29.6 Å². The number of aromatic nitrogens is 2. The van der Waals surface area contributed by atoms with Gasteiger partial charge in [-0.25, -0.2) is 0 Å². The lowest BCUT2D eigenvalue weighted by atomic mass is 10.0. The Labute approximate surface area is 144 Å². The van der Waals surface area contributed by atoms with Crippen LogP contribution in [0.25, 0.3) is 0 Å². The zero-order valence-corrected chi connectivity index (χ0v) is 15.2. The Kier molecular flexibility index (Phi) is 6.15. The van der Waals surface area contributed by atoms with Gasteiger partial charge in [-0.2, -0.15) is 5.10 Å². The first kappa shape index (κ1) is 18.2. The summed E-state index contributed by atoms with van der Waals surface area (Å²) >= 11 is 0. The second kappa shape index (κ2) is 8.11. The zero-order chi connectivity index (χ0) is 17.7. The van der Waals surface area contributed by atoms with Crippen molar-refractivity contribution in [3.8, 4) is 0 Å². The lowest BCUT2D eigenvalue weighted by molar-refractivity contribution is -0.124. The minimum Gasteiger partial charge on any atom is -0.352 e. The van der Waals surface area contributed by atoms with Gasteiger partial charge in [-0.05, 0) is 45.7 Å². The number of nitrogens with zero attached hydrogens (tertiary/aromatic N) is 2. The first-order valence-electron chi connectivity index (χ1n) is 8.50. The summed E-state index contributed by atoms with van der Waals surface area (Å²) in [4.78, 5) is 12.7. The van der Waals surface area contributed by atoms with Gasteiger partial charge in [0.05, 0.1) is 12.2 Å². The maximum absolute atomic E-state index is 12.7. The number of nitrogens with one attached hydrogen (secondary N) is 2. The molecule has 2 rings (SSSR count). The van der Waals surface area contributed by atoms with E-state index < -0.39 is 0 Å². The summed E-state index contributed by atoms with van der Waals surface area (Å²) in [5.41, 5.74) is 2.09. The largest absolute Gasteiger partial charge is 0.352 e. The fraction of sp³-hybridized carbons (Fsp3) is 0.474. The quantitative estimate of drug-likeness (QED) is 0.821. The summed E-state index contributed by atoms with van der Waals surface area (Å²) in [5.74, 6) is -0.00750. The molecule has 24 heavy (non-hydrogen) atoms. The smallest absolute Gasteiger partial charge is 0.241 e. The summed E-state index contributed by atoms with van der Waals surface area (Å²) in [6.07, 6.45) is 3.87. The van der Waals surface area contributed by atoms with E-state index in [9.17, 15) is 4.79 Å². The van der Waals surface area contributed by atoms with Crippen LogP contribution >= 0.6 is 0 Å². The van der Waals surface area contributed by atoms with E-state index in [1.54, 1.807) is 0 Å². The van der Waals surface area contributed by atoms with Crippen molar-refractivity contribution < 1.29 is 4.79 Å². The first-order valence-corrected chi connectivity index (χ1v) is 8.50. The number of rotatable bonds is 7. The molecule has 0 fully saturated rings. The molecule has 0 bridgehead atoms. The molecule has 0 radical (unpaired) electrons. The number of amides is 1. The zero-order valence-electron chi connectivity index (χ0n) is 15.2. The van der Waals surface area contributed by atoms with Gasteiger partial charge < -0.3 is 5.32 Å². The maximum atomic E-state index is 12.7. The summed E-state index contributed by atoms with van der Waals surface area (Å²) < 4.78 is 1.94. The topological polar surface area (TPSA) is 59.0 Å². The average Bonchev–Trinajstić information content (AvgIpc) is 2.98. The summed E-state index contributed by atoms with van der Waals surface area (Å²) in [6, 6.07) is 9.76. The highest BCUT2D eigenvalue weighted by molar-refractivity contribution is 5.83. The van der Waals surface area contributed by atoms with Crippen LogP contribution in [-0.4, -0.2) is 27.8 Å². The second-order valence-corrected chi connectivity index (χ2v) is 6.70. The molecular weight excluding hydrogens is 300 g/mol. The van der Waals surface area contributed by atoms with Crippen LogP contribution < -0.4 is 10.6 Å². The van der Waals surface area contributed by atoms with Crippen LogP contribution in [-0.2, 0) is 4.79 Å². The van der Waals surface area contributed by atoms with E-state index >= 15 is 0 Å². The third-order valence-corrected chi connectivity index (χ3v) is 4.13. The lowest BCUT2D eigenvalue weighted by Gasteiger charge is -2.28. The maximum Gasteiger partial charge on any atom is 0.241 e. The van der Waals surface area contributed by atoms with E-state index in [0.717, 1.165) is 11.1 Å². The van der Waals surface area contributed by atoms with E-state index in [1.807, 2.05) is 68.2 Å². The fourth-order valence-corrected chi connectivity index (χ4v) is 2.62. The van der Waals surface area contributed by atoms with Crippen LogP contribution in [0, 0.1) is 6.92 Å². The Morgan fingerprint density at radius 2 is 1.79 bits per heavy atom. The monoisotopic (exact) mass is 328 g/mol. The third kappa shape index (κ3) is 4.68. The van der Waals surface area contributed by atoms with E-state index in [1.165, 1.54) is 0 Å². The number of carbonyl (C=O) groups excluding carboxylic acids is 1. The van der Waals surface area contributed by atoms with Gasteiger partial charge in [-0.1, -0.05) is 30.3 Å². The van der Waals surface area contributed by atoms with Crippen LogP contribution in [0.15, 0.2) is 42.7 Å². The van der Waals surface area contributed by atoms with E-state index in [4.69, 9.17) is 0 Å². The Morgan fingerprint density at radius 1 is 1.12 bits per heavy atom. The number of hydrogen-bond acceptors (Lipinski definition) is 3. The van der Waals surface area contributed by atoms with Crippen molar-refractivity contribution in [2.45, 2.75) is 58.8 Å². The van der Waals surface area contributed by atoms with Crippen molar-refractivity contribution in [2.75, 3.05) is 0 Å². The molecule has 5 heteroatoms. The molecule has 0 aliphatic rings. The second-order valence-electron chi connectivity index (χ2n) is 6.70. The first-order chi connectivity index (χ1) is 11.4. The molecule has 1 aromatic heterocycles. The molecule has 0 saturated heterocycles. The van der Waals surface area contributed by atoms with Crippen molar-refractivity contribution in [3.05, 3.63) is 53.9 Å². The summed E-state index contributed by atoms with van der Waals surface area (Å²) in [6.45, 7) is 10.2. The normalized spacial score (nSPS) is 15.1. The molecule has 0 spiro atoms. The van der Waals surface area contributed by atoms with Crippen molar-refractivity contribution >= 4 is 5.91 Å². The van der Waals surface area contributed by atoms with E-state index in [-0.39, 0.29) is 30.1 Å². The van der Waals surface area contributed by atoms with Gasteiger partial charge >= 0.3 is 0 Å². The van der Waals surface area contributed by atoms with Crippen molar-refractivity contribution in [1.82, 2.24) is 20.4 Å². The Balaban J connectivity index is 2.16. The predicted octanol–water partition coefficient (Wildman–Crippen LogP) is 3.00. The Hall–Kier alpha value is -2.14. The highest BCUT2D eigenvalue weighted by Crippen LogP contribution is 2.18. The number of carbonyl (C=O) groups is 1. The summed E-state index contributed by atoms with van der Waals surface area (Å²) in [5, 5.41) is 10.9. The molecule has 1 heterocycles. The van der Waals surface area contributed by atoms with Crippen molar-refractivity contribution in [2.24, 2.45) is 0 Å². The summed E-state index contributed by atoms with van der Waals surface area (Å²) in [7, 11) is 0. The molecule has 5 nitrogen and oxygen atoms in total. The molecule has 1 amide bonds. The van der Waals surface area contributed by atoms with Crippen LogP contribution in [0.5, 0.6) is 0 Å². The number of hydrogen-bond donors (Lipinski definition) is 2. The standard InChI is InChI=1S/C19H28N4O/c1-13(2)21-19(24)18(17-9-7-6-8-10-17)22-15(4)16(5)23-12-14(3)11-20-23/h6-13,15-16,18,22H,1-5H3,(H,21,24). The highest BCUT2D eigenvalue weighted by atomic mass is 16.2. The van der Waals surface area contributed by atoms with Crippen LogP contribution in [0.3, 0.4) is 0 Å². The molecule has 0 saturated carbocycles. The number of benzene rings is 1. The molecule has 2 N–H and O–H groups in total. The molecule has 1 aromatic carbocycles. The van der Waals surface area contributed by atoms with Crippen LogP contribution in [0.1, 0.15) is 50.9 Å². The third-order valence-electron chi connectivity index (χ3n) is 4.13. The molecule has 0 aliphatic heterocycles. The van der Waals surface area contributed by atoms with Gasteiger partial charge in [-0.15, -0.1) is 0 Å². The highest BCUT2D eigenvalue weighted by Gasteiger charge is 2.25. The fourth-order valence-electron chi connectivity index (χ4n) is 2.62. The van der Waals surface area contributed by atoms with Gasteiger partial charge in [0.25, 0.3) is 0 Å². The van der Waals surface area contributed by atoms with Gasteiger partial charge in [-0.3, -0.25) is 14.8 Å². The Morgan fingerprint density at radius 3 is 2.33 bits per heavy atom. The molecule has 130 valence electrons. The minimum absolute atomic E-state index is 0.00750. The molecular formula is C19H28N4O. The Bertz CT molecular complexity index is 650. The van der Waals surface area contributed by atoms with Gasteiger partial charge in [0.1, 0.15) is 6.04 Å². The molecule has 3 unspecified atom stereocenters. The van der Waals surface area contributed by atoms with Gasteiger partial charge in [0, 0.05) is 18.3 Å². The molecule has 0 aliphatic carbocycles.